The molecule has 0 N–H and O–H groups in total. The first-order valence-corrected chi connectivity index (χ1v) is 5.63. The summed E-state index contributed by atoms with van der Waals surface area (Å²) in [6.07, 6.45) is 0. The molecule has 0 aromatic heterocycles. The topological polar surface area (TPSA) is 77.3 Å². The molecular formula is C8H6ClNO4S. The molecule has 1 aromatic rings. The monoisotopic (exact) mass is 247 g/mol. The number of para-hydroxylation sites is 1. The third-order valence-corrected chi connectivity index (χ3v) is 3.34. The Morgan fingerprint density at radius 3 is 2.53 bits per heavy atom. The van der Waals surface area contributed by atoms with E-state index in [1.54, 1.807) is 0 Å². The van der Waals surface area contributed by atoms with E-state index in [-0.39, 0.29) is 5.02 Å². The second-order valence-electron chi connectivity index (χ2n) is 2.56. The Morgan fingerprint density at radius 1 is 1.47 bits per heavy atom. The maximum absolute atomic E-state index is 11.4. The van der Waals surface area contributed by atoms with Crippen LogP contribution in [-0.4, -0.2) is 13.3 Å². The van der Waals surface area contributed by atoms with E-state index < -0.39 is 25.3 Å². The van der Waals surface area contributed by atoms with Crippen LogP contribution in [0.15, 0.2) is 35.1 Å². The van der Waals surface area contributed by atoms with E-state index in [1.165, 1.54) is 12.1 Å². The molecule has 0 saturated heterocycles. The van der Waals surface area contributed by atoms with Crippen molar-refractivity contribution in [2.75, 3.05) is 0 Å². The van der Waals surface area contributed by atoms with Crippen LogP contribution in [0.4, 0.5) is 5.69 Å². The Morgan fingerprint density at radius 2 is 2.07 bits per heavy atom. The van der Waals surface area contributed by atoms with Crippen LogP contribution in [0.1, 0.15) is 0 Å². The van der Waals surface area contributed by atoms with Gasteiger partial charge in [-0.25, -0.2) is 8.42 Å². The van der Waals surface area contributed by atoms with Crippen LogP contribution in [0, 0.1) is 10.1 Å². The molecule has 0 heterocycles. The molecule has 0 saturated carbocycles. The number of rotatable bonds is 3. The summed E-state index contributed by atoms with van der Waals surface area (Å²) in [5.74, 6) is 0. The van der Waals surface area contributed by atoms with Crippen molar-refractivity contribution in [1.82, 2.24) is 0 Å². The zero-order chi connectivity index (χ0) is 11.6. The van der Waals surface area contributed by atoms with E-state index in [9.17, 15) is 18.5 Å². The minimum atomic E-state index is -3.86. The van der Waals surface area contributed by atoms with Crippen LogP contribution >= 0.6 is 11.6 Å². The predicted octanol–water partition coefficient (Wildman–Crippen LogP) is 2.17. The number of sulfone groups is 1. The van der Waals surface area contributed by atoms with Gasteiger partial charge in [0.1, 0.15) is 5.02 Å². The lowest BCUT2D eigenvalue weighted by Crippen LogP contribution is -2.02. The third-order valence-electron chi connectivity index (χ3n) is 1.66. The van der Waals surface area contributed by atoms with Crippen LogP contribution < -0.4 is 0 Å². The van der Waals surface area contributed by atoms with Crippen molar-refractivity contribution in [3.8, 4) is 0 Å². The second kappa shape index (κ2) is 4.00. The molecule has 0 radical (unpaired) electrons. The van der Waals surface area contributed by atoms with E-state index in [0.717, 1.165) is 6.07 Å². The van der Waals surface area contributed by atoms with Crippen molar-refractivity contribution in [2.24, 2.45) is 0 Å². The van der Waals surface area contributed by atoms with E-state index in [4.69, 9.17) is 11.6 Å². The lowest BCUT2D eigenvalue weighted by atomic mass is 10.3. The van der Waals surface area contributed by atoms with E-state index in [2.05, 4.69) is 6.58 Å². The molecule has 0 aliphatic heterocycles. The second-order valence-corrected chi connectivity index (χ2v) is 4.83. The van der Waals surface area contributed by atoms with Crippen LogP contribution in [0.2, 0.25) is 5.02 Å². The Labute approximate surface area is 91.1 Å². The van der Waals surface area contributed by atoms with Crippen molar-refractivity contribution < 1.29 is 13.3 Å². The lowest BCUT2D eigenvalue weighted by Gasteiger charge is -2.01. The molecule has 0 fully saturated rings. The summed E-state index contributed by atoms with van der Waals surface area (Å²) in [6.45, 7) is 3.09. The molecule has 0 aliphatic rings. The predicted molar refractivity (Wildman–Crippen MR) is 55.5 cm³/mol. The van der Waals surface area contributed by atoms with Crippen molar-refractivity contribution in [1.29, 1.82) is 0 Å². The average Bonchev–Trinajstić information content (AvgIpc) is 2.16. The van der Waals surface area contributed by atoms with E-state index in [0.29, 0.717) is 5.41 Å². The summed E-state index contributed by atoms with van der Waals surface area (Å²) < 4.78 is 22.8. The molecule has 1 aromatic carbocycles. The minimum Gasteiger partial charge on any atom is -0.258 e. The van der Waals surface area contributed by atoms with Gasteiger partial charge in [-0.3, -0.25) is 10.1 Å². The van der Waals surface area contributed by atoms with E-state index >= 15 is 0 Å². The normalized spacial score (nSPS) is 11.0. The molecule has 0 bridgehead atoms. The van der Waals surface area contributed by atoms with Crippen molar-refractivity contribution in [2.45, 2.75) is 4.90 Å². The molecule has 0 aliphatic carbocycles. The van der Waals surface area contributed by atoms with Gasteiger partial charge in [-0.05, 0) is 12.1 Å². The molecular weight excluding hydrogens is 242 g/mol. The first kappa shape index (κ1) is 11.7. The third kappa shape index (κ3) is 2.16. The summed E-state index contributed by atoms with van der Waals surface area (Å²) in [6, 6.07) is 3.69. The fraction of sp³-hybridized carbons (Fsp3) is 0. The Kier molecular flexibility index (Phi) is 3.11. The first-order chi connectivity index (χ1) is 6.90. The molecule has 0 amide bonds. The Bertz CT molecular complexity index is 523. The smallest absolute Gasteiger partial charge is 0.258 e. The van der Waals surface area contributed by atoms with Crippen LogP contribution in [0.25, 0.3) is 0 Å². The standard InChI is InChI=1S/C8H6ClNO4S/c1-2-15(13,14)7-5-3-4-6(9)8(7)10(11)12/h2-5H,1H2. The minimum absolute atomic E-state index is 0.220. The summed E-state index contributed by atoms with van der Waals surface area (Å²) in [5, 5.41) is 11.1. The highest BCUT2D eigenvalue weighted by molar-refractivity contribution is 7.94. The highest BCUT2D eigenvalue weighted by Gasteiger charge is 2.26. The zero-order valence-electron chi connectivity index (χ0n) is 7.38. The largest absolute Gasteiger partial charge is 0.306 e. The fourth-order valence-corrected chi connectivity index (χ4v) is 2.19. The van der Waals surface area contributed by atoms with Gasteiger partial charge in [0, 0.05) is 5.41 Å². The zero-order valence-corrected chi connectivity index (χ0v) is 8.96. The fourth-order valence-electron chi connectivity index (χ4n) is 0.992. The number of nitro benzene ring substituents is 1. The molecule has 15 heavy (non-hydrogen) atoms. The quantitative estimate of drug-likeness (QED) is 0.606. The molecule has 7 heteroatoms. The number of benzene rings is 1. The van der Waals surface area contributed by atoms with Crippen molar-refractivity contribution in [3.05, 3.63) is 45.3 Å². The van der Waals surface area contributed by atoms with Gasteiger partial charge in [-0.1, -0.05) is 24.2 Å². The Hall–Kier alpha value is -1.40. The molecule has 5 nitrogen and oxygen atoms in total. The van der Waals surface area contributed by atoms with Crippen molar-refractivity contribution >= 4 is 27.1 Å². The summed E-state index contributed by atoms with van der Waals surface area (Å²) in [4.78, 5) is 9.34. The van der Waals surface area contributed by atoms with Gasteiger partial charge in [0.25, 0.3) is 0 Å². The molecule has 0 spiro atoms. The van der Waals surface area contributed by atoms with Crippen LogP contribution in [0.3, 0.4) is 0 Å². The van der Waals surface area contributed by atoms with Gasteiger partial charge in [-0.15, -0.1) is 0 Å². The highest BCUT2D eigenvalue weighted by atomic mass is 35.5. The number of nitrogens with zero attached hydrogens (tertiary/aromatic N) is 1. The number of nitro groups is 1. The van der Waals surface area contributed by atoms with Crippen molar-refractivity contribution in [3.63, 3.8) is 0 Å². The molecule has 0 atom stereocenters. The summed E-state index contributed by atoms with van der Waals surface area (Å²) in [7, 11) is -3.86. The molecule has 80 valence electrons. The van der Waals surface area contributed by atoms with Gasteiger partial charge in [0.15, 0.2) is 4.90 Å². The molecule has 0 unspecified atom stereocenters. The van der Waals surface area contributed by atoms with E-state index in [1.807, 2.05) is 0 Å². The first-order valence-electron chi connectivity index (χ1n) is 3.70. The number of halogens is 1. The summed E-state index contributed by atoms with van der Waals surface area (Å²) in [5.41, 5.74) is -0.626. The summed E-state index contributed by atoms with van der Waals surface area (Å²) >= 11 is 5.55. The Balaban J connectivity index is 3.64. The lowest BCUT2D eigenvalue weighted by molar-refractivity contribution is -0.387. The van der Waals surface area contributed by atoms with Crippen LogP contribution in [0.5, 0.6) is 0 Å². The van der Waals surface area contributed by atoms with Gasteiger partial charge < -0.3 is 0 Å². The highest BCUT2D eigenvalue weighted by Crippen LogP contribution is 2.32. The number of hydrogen-bond acceptors (Lipinski definition) is 4. The maximum Gasteiger partial charge on any atom is 0.306 e. The maximum atomic E-state index is 11.4. The van der Waals surface area contributed by atoms with Gasteiger partial charge in [0.05, 0.1) is 4.92 Å². The van der Waals surface area contributed by atoms with Gasteiger partial charge >= 0.3 is 5.69 Å². The SMILES string of the molecule is C=CS(=O)(=O)c1cccc(Cl)c1[N+](=O)[O-]. The average molecular weight is 248 g/mol. The van der Waals surface area contributed by atoms with Crippen LogP contribution in [-0.2, 0) is 9.84 Å². The number of hydrogen-bond donors (Lipinski definition) is 0. The van der Waals surface area contributed by atoms with Gasteiger partial charge in [-0.2, -0.15) is 0 Å². The molecule has 1 rings (SSSR count). The van der Waals surface area contributed by atoms with Gasteiger partial charge in [0.2, 0.25) is 9.84 Å².